The van der Waals surface area contributed by atoms with Crippen LogP contribution < -0.4 is 14.5 Å². The highest BCUT2D eigenvalue weighted by Gasteiger charge is 2.40. The van der Waals surface area contributed by atoms with Gasteiger partial charge >= 0.3 is 0 Å². The molecule has 0 aliphatic carbocycles. The highest BCUT2D eigenvalue weighted by molar-refractivity contribution is 6.06. The number of anilines is 1. The fourth-order valence-corrected chi connectivity index (χ4v) is 3.93. The van der Waals surface area contributed by atoms with Gasteiger partial charge in [0.25, 0.3) is 5.91 Å². The van der Waals surface area contributed by atoms with Crippen LogP contribution in [0.15, 0.2) is 72.8 Å². The van der Waals surface area contributed by atoms with Gasteiger partial charge in [-0.25, -0.2) is 10.0 Å². The molecule has 3 aromatic carbocycles. The lowest BCUT2D eigenvalue weighted by molar-refractivity contribution is -0.121. The topological polar surface area (TPSA) is 42.0 Å². The summed E-state index contributed by atoms with van der Waals surface area (Å²) in [7, 11) is 5.17. The van der Waals surface area contributed by atoms with Crippen LogP contribution in [0.1, 0.15) is 22.6 Å². The van der Waals surface area contributed by atoms with Crippen LogP contribution in [0.3, 0.4) is 0 Å². The van der Waals surface area contributed by atoms with Crippen LogP contribution in [0, 0.1) is 0 Å². The van der Waals surface area contributed by atoms with Crippen LogP contribution in [0.25, 0.3) is 0 Å². The summed E-state index contributed by atoms with van der Waals surface area (Å²) in [6, 6.07) is 23.7. The molecule has 1 heterocycles. The highest BCUT2D eigenvalue weighted by atomic mass is 16.5. The Kier molecular flexibility index (Phi) is 5.23. The van der Waals surface area contributed by atoms with Crippen molar-refractivity contribution in [1.82, 2.24) is 5.01 Å². The van der Waals surface area contributed by atoms with Crippen molar-refractivity contribution in [3.8, 4) is 11.5 Å². The van der Waals surface area contributed by atoms with E-state index in [-0.39, 0.29) is 11.8 Å². The number of hydrogen-bond acceptors (Lipinski definition) is 4. The molecule has 0 saturated heterocycles. The Morgan fingerprint density at radius 3 is 2.31 bits per heavy atom. The summed E-state index contributed by atoms with van der Waals surface area (Å²) in [5, 5.41) is 3.73. The van der Waals surface area contributed by atoms with Gasteiger partial charge in [-0.05, 0) is 34.9 Å². The molecule has 0 bridgehead atoms. The molecule has 0 spiro atoms. The minimum Gasteiger partial charge on any atom is -0.493 e. The summed E-state index contributed by atoms with van der Waals surface area (Å²) < 4.78 is 10.7. The molecule has 0 radical (unpaired) electrons. The summed E-state index contributed by atoms with van der Waals surface area (Å²) in [6.45, 7) is 0.557. The van der Waals surface area contributed by atoms with E-state index in [1.54, 1.807) is 19.2 Å². The largest absolute Gasteiger partial charge is 0.493 e. The third-order valence-electron chi connectivity index (χ3n) is 5.27. The van der Waals surface area contributed by atoms with Gasteiger partial charge in [0.2, 0.25) is 0 Å². The lowest BCUT2D eigenvalue weighted by Gasteiger charge is -2.29. The number of hydrogen-bond donors (Lipinski definition) is 0. The number of hydrazine groups is 1. The van der Waals surface area contributed by atoms with Gasteiger partial charge in [0.05, 0.1) is 25.8 Å². The predicted octanol–water partition coefficient (Wildman–Crippen LogP) is 4.23. The second kappa shape index (κ2) is 7.97. The normalized spacial score (nSPS) is 15.5. The monoisotopic (exact) mass is 388 g/mol. The van der Waals surface area contributed by atoms with Crippen molar-refractivity contribution in [1.29, 1.82) is 0 Å². The van der Waals surface area contributed by atoms with E-state index in [0.717, 1.165) is 22.4 Å². The van der Waals surface area contributed by atoms with Crippen LogP contribution >= 0.6 is 0 Å². The van der Waals surface area contributed by atoms with E-state index in [1.165, 1.54) is 0 Å². The number of para-hydroxylation sites is 1. The molecular weight excluding hydrogens is 364 g/mol. The standard InChI is InChI=1S/C24H24N2O3/c1-25(16-17-13-14-21(28-2)22(15-17)29-3)26-20-12-8-7-11-19(20)23(24(26)27)18-9-5-4-6-10-18/h4-15,23H,16H2,1-3H3/t23-/m0/s1. The molecule has 3 aromatic rings. The number of fused-ring (bicyclic) bond motifs is 1. The zero-order chi connectivity index (χ0) is 20.4. The fraction of sp³-hybridized carbons (Fsp3) is 0.208. The minimum absolute atomic E-state index is 0.0559. The first-order chi connectivity index (χ1) is 14.1. The number of methoxy groups -OCH3 is 2. The van der Waals surface area contributed by atoms with Crippen LogP contribution in [-0.4, -0.2) is 32.2 Å². The maximum absolute atomic E-state index is 13.5. The first kappa shape index (κ1) is 19.0. The maximum Gasteiger partial charge on any atom is 0.253 e. The molecule has 1 aliphatic rings. The van der Waals surface area contributed by atoms with Crippen molar-refractivity contribution in [2.45, 2.75) is 12.5 Å². The van der Waals surface area contributed by atoms with Gasteiger partial charge in [-0.2, -0.15) is 0 Å². The summed E-state index contributed by atoms with van der Waals surface area (Å²) in [5.41, 5.74) is 3.99. The van der Waals surface area contributed by atoms with Crippen molar-refractivity contribution in [2.24, 2.45) is 0 Å². The molecule has 0 fully saturated rings. The van der Waals surface area contributed by atoms with Gasteiger partial charge in [-0.3, -0.25) is 4.79 Å². The summed E-state index contributed by atoms with van der Waals surface area (Å²) in [5.74, 6) is 1.12. The minimum atomic E-state index is -0.291. The van der Waals surface area contributed by atoms with E-state index in [9.17, 15) is 4.79 Å². The second-order valence-electron chi connectivity index (χ2n) is 7.06. The molecule has 5 nitrogen and oxygen atoms in total. The Hall–Kier alpha value is -3.31. The van der Waals surface area contributed by atoms with Crippen molar-refractivity contribution >= 4 is 11.6 Å². The van der Waals surface area contributed by atoms with Gasteiger partial charge < -0.3 is 9.47 Å². The van der Waals surface area contributed by atoms with Crippen LogP contribution in [0.5, 0.6) is 11.5 Å². The van der Waals surface area contributed by atoms with E-state index in [2.05, 4.69) is 0 Å². The fourth-order valence-electron chi connectivity index (χ4n) is 3.93. The lowest BCUT2D eigenvalue weighted by atomic mass is 9.93. The Morgan fingerprint density at radius 1 is 0.897 bits per heavy atom. The average Bonchev–Trinajstić information content (AvgIpc) is 3.06. The zero-order valence-corrected chi connectivity index (χ0v) is 16.8. The van der Waals surface area contributed by atoms with Crippen LogP contribution in [0.4, 0.5) is 5.69 Å². The number of nitrogens with zero attached hydrogens (tertiary/aromatic N) is 2. The highest BCUT2D eigenvalue weighted by Crippen LogP contribution is 2.41. The smallest absolute Gasteiger partial charge is 0.253 e. The van der Waals surface area contributed by atoms with Gasteiger partial charge in [-0.15, -0.1) is 0 Å². The summed E-state index contributed by atoms with van der Waals surface area (Å²) in [4.78, 5) is 13.5. The molecule has 29 heavy (non-hydrogen) atoms. The van der Waals surface area contributed by atoms with Crippen molar-refractivity contribution < 1.29 is 14.3 Å². The number of ether oxygens (including phenoxy) is 2. The Bertz CT molecular complexity index is 1020. The Balaban J connectivity index is 1.65. The van der Waals surface area contributed by atoms with Crippen molar-refractivity contribution in [3.63, 3.8) is 0 Å². The Labute approximate surface area is 171 Å². The number of carbonyl (C=O) groups excluding carboxylic acids is 1. The van der Waals surface area contributed by atoms with Crippen molar-refractivity contribution in [3.05, 3.63) is 89.5 Å². The van der Waals surface area contributed by atoms with Gasteiger partial charge in [-0.1, -0.05) is 54.6 Å². The molecule has 0 aromatic heterocycles. The first-order valence-corrected chi connectivity index (χ1v) is 9.54. The average molecular weight is 388 g/mol. The molecule has 5 heteroatoms. The Morgan fingerprint density at radius 2 is 1.59 bits per heavy atom. The maximum atomic E-state index is 13.5. The summed E-state index contributed by atoms with van der Waals surface area (Å²) >= 11 is 0. The molecule has 1 aliphatic heterocycles. The lowest BCUT2D eigenvalue weighted by Crippen LogP contribution is -2.42. The molecule has 0 saturated carbocycles. The molecule has 1 atom stereocenters. The van der Waals surface area contributed by atoms with E-state index in [0.29, 0.717) is 18.0 Å². The zero-order valence-electron chi connectivity index (χ0n) is 16.8. The van der Waals surface area contributed by atoms with Gasteiger partial charge in [0, 0.05) is 13.6 Å². The van der Waals surface area contributed by atoms with Gasteiger partial charge in [0.15, 0.2) is 11.5 Å². The van der Waals surface area contributed by atoms with E-state index >= 15 is 0 Å². The SMILES string of the molecule is COc1ccc(CN(C)N2C(=O)[C@@H](c3ccccc3)c3ccccc32)cc1OC. The number of amides is 1. The van der Waals surface area contributed by atoms with E-state index < -0.39 is 0 Å². The molecule has 148 valence electrons. The number of rotatable bonds is 6. The third-order valence-corrected chi connectivity index (χ3v) is 5.27. The quantitative estimate of drug-likeness (QED) is 0.634. The van der Waals surface area contributed by atoms with E-state index in [4.69, 9.17) is 9.47 Å². The molecule has 0 unspecified atom stereocenters. The van der Waals surface area contributed by atoms with Gasteiger partial charge in [0.1, 0.15) is 0 Å². The summed E-state index contributed by atoms with van der Waals surface area (Å²) in [6.07, 6.45) is 0. The molecular formula is C24H24N2O3. The number of benzene rings is 3. The van der Waals surface area contributed by atoms with Crippen LogP contribution in [-0.2, 0) is 11.3 Å². The first-order valence-electron chi connectivity index (χ1n) is 9.54. The molecule has 0 N–H and O–H groups in total. The van der Waals surface area contributed by atoms with Crippen LogP contribution in [0.2, 0.25) is 0 Å². The molecule has 4 rings (SSSR count). The van der Waals surface area contributed by atoms with Crippen molar-refractivity contribution in [2.75, 3.05) is 26.3 Å². The van der Waals surface area contributed by atoms with E-state index in [1.807, 2.05) is 84.9 Å². The number of carbonyl (C=O) groups is 1. The predicted molar refractivity (Wildman–Crippen MR) is 113 cm³/mol. The second-order valence-corrected chi connectivity index (χ2v) is 7.06. The molecule has 1 amide bonds. The third kappa shape index (κ3) is 3.45.